The molecule has 5 heteroatoms. The summed E-state index contributed by atoms with van der Waals surface area (Å²) in [6.07, 6.45) is 1.75. The lowest BCUT2D eigenvalue weighted by Gasteiger charge is -2.31. The van der Waals surface area contributed by atoms with Gasteiger partial charge in [-0.05, 0) is 52.4 Å². The van der Waals surface area contributed by atoms with Crippen LogP contribution >= 0.6 is 0 Å². The number of rotatable bonds is 3. The molecule has 0 bridgehead atoms. The highest BCUT2D eigenvalue weighted by molar-refractivity contribution is 5.68. The van der Waals surface area contributed by atoms with E-state index in [0.717, 1.165) is 25.7 Å². The maximum absolute atomic E-state index is 12.3. The third-order valence-electron chi connectivity index (χ3n) is 3.19. The Kier molecular flexibility index (Phi) is 5.38. The summed E-state index contributed by atoms with van der Waals surface area (Å²) < 4.78 is 17.5. The molecule has 1 unspecified atom stereocenters. The van der Waals surface area contributed by atoms with E-state index in [2.05, 4.69) is 5.32 Å². The van der Waals surface area contributed by atoms with Crippen molar-refractivity contribution in [1.29, 1.82) is 0 Å². The predicted molar refractivity (Wildman–Crippen MR) is 67.1 cm³/mol. The fourth-order valence-electron chi connectivity index (χ4n) is 2.25. The van der Waals surface area contributed by atoms with Crippen LogP contribution in [0.15, 0.2) is 0 Å². The fraction of sp³-hybridized carbons (Fsp3) is 0.923. The van der Waals surface area contributed by atoms with Gasteiger partial charge < -0.3 is 15.2 Å². The third-order valence-corrected chi connectivity index (χ3v) is 3.19. The van der Waals surface area contributed by atoms with Gasteiger partial charge in [0.1, 0.15) is 12.3 Å². The van der Waals surface area contributed by atoms with Crippen molar-refractivity contribution in [1.82, 2.24) is 5.32 Å². The Bertz CT molecular complexity index is 270. The molecule has 0 aromatic carbocycles. The second kappa shape index (κ2) is 6.36. The molecule has 106 valence electrons. The second-order valence-corrected chi connectivity index (χ2v) is 5.98. The van der Waals surface area contributed by atoms with Crippen molar-refractivity contribution in [3.05, 3.63) is 0 Å². The molecule has 0 radical (unpaired) electrons. The summed E-state index contributed by atoms with van der Waals surface area (Å²) in [5.74, 6) is 0.0201. The van der Waals surface area contributed by atoms with Crippen LogP contribution in [0.4, 0.5) is 9.18 Å². The Morgan fingerprint density at radius 2 is 1.94 bits per heavy atom. The zero-order valence-electron chi connectivity index (χ0n) is 11.4. The molecule has 1 atom stereocenters. The molecule has 0 saturated heterocycles. The van der Waals surface area contributed by atoms with Crippen LogP contribution in [0.2, 0.25) is 0 Å². The summed E-state index contributed by atoms with van der Waals surface area (Å²) >= 11 is 0. The number of amides is 1. The van der Waals surface area contributed by atoms with Crippen LogP contribution in [0.5, 0.6) is 0 Å². The van der Waals surface area contributed by atoms with E-state index in [9.17, 15) is 14.3 Å². The van der Waals surface area contributed by atoms with Gasteiger partial charge >= 0.3 is 6.09 Å². The molecule has 1 saturated carbocycles. The van der Waals surface area contributed by atoms with E-state index in [1.165, 1.54) is 0 Å². The number of ether oxygens (including phenoxy) is 1. The van der Waals surface area contributed by atoms with Crippen LogP contribution in [-0.4, -0.2) is 35.6 Å². The summed E-state index contributed by atoms with van der Waals surface area (Å²) in [4.78, 5) is 11.6. The van der Waals surface area contributed by atoms with Crippen LogP contribution in [-0.2, 0) is 4.74 Å². The molecular formula is C13H24FNO3. The van der Waals surface area contributed by atoms with Gasteiger partial charge in [-0.2, -0.15) is 0 Å². The molecule has 1 aliphatic carbocycles. The van der Waals surface area contributed by atoms with Crippen LogP contribution < -0.4 is 5.32 Å². The Balaban J connectivity index is 2.29. The van der Waals surface area contributed by atoms with Gasteiger partial charge in [0, 0.05) is 6.04 Å². The molecule has 1 amide bonds. The lowest BCUT2D eigenvalue weighted by atomic mass is 9.83. The number of nitrogens with one attached hydrogen (secondary N) is 1. The van der Waals surface area contributed by atoms with Gasteiger partial charge in [-0.25, -0.2) is 9.18 Å². The highest BCUT2D eigenvalue weighted by Crippen LogP contribution is 2.27. The SMILES string of the molecule is CC(C)(C)OC(=O)NC1CCC(C(O)CF)CC1. The Morgan fingerprint density at radius 1 is 1.39 bits per heavy atom. The Labute approximate surface area is 108 Å². The quantitative estimate of drug-likeness (QED) is 0.820. The molecule has 1 aliphatic rings. The number of carbonyl (C=O) groups excluding carboxylic acids is 1. The average Bonchev–Trinajstić information content (AvgIpc) is 2.26. The standard InChI is InChI=1S/C13H24FNO3/c1-13(2,3)18-12(17)15-10-6-4-9(5-7-10)11(16)8-14/h9-11,16H,4-8H2,1-3H3,(H,15,17). The van der Waals surface area contributed by atoms with Crippen molar-refractivity contribution >= 4 is 6.09 Å². The van der Waals surface area contributed by atoms with Gasteiger partial charge in [-0.15, -0.1) is 0 Å². The van der Waals surface area contributed by atoms with Gasteiger partial charge in [0.05, 0.1) is 6.10 Å². The van der Waals surface area contributed by atoms with E-state index >= 15 is 0 Å². The summed E-state index contributed by atoms with van der Waals surface area (Å²) in [6.45, 7) is 4.78. The molecule has 0 aromatic rings. The first-order valence-corrected chi connectivity index (χ1v) is 6.55. The summed E-state index contributed by atoms with van der Waals surface area (Å²) in [5, 5.41) is 12.2. The molecule has 4 nitrogen and oxygen atoms in total. The number of halogens is 1. The van der Waals surface area contributed by atoms with Crippen molar-refractivity contribution in [2.75, 3.05) is 6.67 Å². The zero-order chi connectivity index (χ0) is 13.8. The van der Waals surface area contributed by atoms with E-state index < -0.39 is 24.5 Å². The maximum Gasteiger partial charge on any atom is 0.407 e. The zero-order valence-corrected chi connectivity index (χ0v) is 11.4. The first kappa shape index (κ1) is 15.2. The van der Waals surface area contributed by atoms with Crippen molar-refractivity contribution in [3.63, 3.8) is 0 Å². The minimum Gasteiger partial charge on any atom is -0.444 e. The minimum atomic E-state index is -0.854. The van der Waals surface area contributed by atoms with Crippen molar-refractivity contribution < 1.29 is 19.0 Å². The highest BCUT2D eigenvalue weighted by Gasteiger charge is 2.28. The largest absolute Gasteiger partial charge is 0.444 e. The second-order valence-electron chi connectivity index (χ2n) is 5.98. The molecule has 0 spiro atoms. The molecule has 0 heterocycles. The molecule has 2 N–H and O–H groups in total. The van der Waals surface area contributed by atoms with E-state index in [1.807, 2.05) is 20.8 Å². The number of alkyl halides is 1. The number of aliphatic hydroxyl groups excluding tert-OH is 1. The number of hydrogen-bond donors (Lipinski definition) is 2. The number of aliphatic hydroxyl groups is 1. The fourth-order valence-corrected chi connectivity index (χ4v) is 2.25. The summed E-state index contributed by atoms with van der Waals surface area (Å²) in [5.41, 5.74) is -0.494. The van der Waals surface area contributed by atoms with E-state index in [4.69, 9.17) is 4.74 Å². The third kappa shape index (κ3) is 5.21. The number of carbonyl (C=O) groups is 1. The molecule has 0 aromatic heterocycles. The molecule has 1 fully saturated rings. The smallest absolute Gasteiger partial charge is 0.407 e. The van der Waals surface area contributed by atoms with E-state index in [-0.39, 0.29) is 12.0 Å². The topological polar surface area (TPSA) is 58.6 Å². The van der Waals surface area contributed by atoms with Crippen LogP contribution in [0.25, 0.3) is 0 Å². The normalized spacial score (nSPS) is 26.5. The van der Waals surface area contributed by atoms with Crippen molar-refractivity contribution in [2.24, 2.45) is 5.92 Å². The lowest BCUT2D eigenvalue weighted by Crippen LogP contribution is -2.42. The average molecular weight is 261 g/mol. The van der Waals surface area contributed by atoms with Gasteiger partial charge in [0.2, 0.25) is 0 Å². The van der Waals surface area contributed by atoms with Crippen LogP contribution in [0.3, 0.4) is 0 Å². The maximum atomic E-state index is 12.3. The minimum absolute atomic E-state index is 0.0201. The van der Waals surface area contributed by atoms with Crippen LogP contribution in [0.1, 0.15) is 46.5 Å². The van der Waals surface area contributed by atoms with Crippen LogP contribution in [0, 0.1) is 5.92 Å². The lowest BCUT2D eigenvalue weighted by molar-refractivity contribution is 0.0411. The summed E-state index contributed by atoms with van der Waals surface area (Å²) in [7, 11) is 0. The number of hydrogen-bond acceptors (Lipinski definition) is 3. The first-order valence-electron chi connectivity index (χ1n) is 6.55. The Hall–Kier alpha value is -0.840. The Morgan fingerprint density at radius 3 is 2.39 bits per heavy atom. The van der Waals surface area contributed by atoms with E-state index in [1.54, 1.807) is 0 Å². The predicted octanol–water partition coefficient (Wildman–Crippen LogP) is 2.40. The first-order chi connectivity index (χ1) is 8.31. The van der Waals surface area contributed by atoms with Gasteiger partial charge in [-0.3, -0.25) is 0 Å². The monoisotopic (exact) mass is 261 g/mol. The molecule has 18 heavy (non-hydrogen) atoms. The molecular weight excluding hydrogens is 237 g/mol. The van der Waals surface area contributed by atoms with E-state index in [0.29, 0.717) is 0 Å². The summed E-state index contributed by atoms with van der Waals surface area (Å²) in [6, 6.07) is 0.0721. The number of alkyl carbamates (subject to hydrolysis) is 1. The highest BCUT2D eigenvalue weighted by atomic mass is 19.1. The molecule has 1 rings (SSSR count). The van der Waals surface area contributed by atoms with Crippen molar-refractivity contribution in [3.8, 4) is 0 Å². The van der Waals surface area contributed by atoms with Gasteiger partial charge in [-0.1, -0.05) is 0 Å². The molecule has 0 aliphatic heterocycles. The van der Waals surface area contributed by atoms with Crippen molar-refractivity contribution in [2.45, 2.75) is 64.2 Å². The van der Waals surface area contributed by atoms with Gasteiger partial charge in [0.15, 0.2) is 0 Å². The van der Waals surface area contributed by atoms with Gasteiger partial charge in [0.25, 0.3) is 0 Å².